The first-order valence-electron chi connectivity index (χ1n) is 7.22. The number of nitrogens with one attached hydrogen (secondary N) is 1. The van der Waals surface area contributed by atoms with Gasteiger partial charge in [0.25, 0.3) is 0 Å². The van der Waals surface area contributed by atoms with Crippen molar-refractivity contribution >= 4 is 11.4 Å². The Kier molecular flexibility index (Phi) is 4.80. The Labute approximate surface area is 122 Å². The van der Waals surface area contributed by atoms with Gasteiger partial charge in [-0.3, -0.25) is 0 Å². The molecule has 2 nitrogen and oxygen atoms in total. The van der Waals surface area contributed by atoms with Crippen molar-refractivity contribution in [1.82, 2.24) is 5.32 Å². The van der Waals surface area contributed by atoms with Crippen LogP contribution in [0.25, 0.3) is 0 Å². The van der Waals surface area contributed by atoms with Gasteiger partial charge < -0.3 is 10.2 Å². The summed E-state index contributed by atoms with van der Waals surface area (Å²) in [6, 6.07) is 15.4. The van der Waals surface area contributed by atoms with Crippen LogP contribution in [-0.2, 0) is 13.0 Å². The van der Waals surface area contributed by atoms with Crippen LogP contribution in [0.5, 0.6) is 0 Å². The SMILES string of the molecule is CCc1ccc(N(C)c2ccc(CNC)c(C)c2)cc1. The topological polar surface area (TPSA) is 15.3 Å². The maximum absolute atomic E-state index is 3.20. The third-order valence-corrected chi connectivity index (χ3v) is 3.81. The molecular weight excluding hydrogens is 244 g/mol. The van der Waals surface area contributed by atoms with E-state index < -0.39 is 0 Å². The molecule has 0 fully saturated rings. The lowest BCUT2D eigenvalue weighted by Gasteiger charge is -2.21. The molecule has 0 aromatic heterocycles. The smallest absolute Gasteiger partial charge is 0.0410 e. The second-order valence-electron chi connectivity index (χ2n) is 5.22. The number of aryl methyl sites for hydroxylation is 2. The number of benzene rings is 2. The summed E-state index contributed by atoms with van der Waals surface area (Å²) in [4.78, 5) is 2.23. The zero-order valence-electron chi connectivity index (χ0n) is 12.9. The molecule has 0 atom stereocenters. The summed E-state index contributed by atoms with van der Waals surface area (Å²) in [6.45, 7) is 5.27. The molecule has 0 aliphatic rings. The van der Waals surface area contributed by atoms with Gasteiger partial charge in [-0.05, 0) is 61.3 Å². The third-order valence-electron chi connectivity index (χ3n) is 3.81. The fourth-order valence-electron chi connectivity index (χ4n) is 2.38. The van der Waals surface area contributed by atoms with Gasteiger partial charge in [0.15, 0.2) is 0 Å². The van der Waals surface area contributed by atoms with Crippen molar-refractivity contribution in [1.29, 1.82) is 0 Å². The molecular formula is C18H24N2. The first-order valence-corrected chi connectivity index (χ1v) is 7.22. The molecule has 0 heterocycles. The second kappa shape index (κ2) is 6.58. The van der Waals surface area contributed by atoms with Crippen LogP contribution in [-0.4, -0.2) is 14.1 Å². The van der Waals surface area contributed by atoms with Crippen LogP contribution in [0.4, 0.5) is 11.4 Å². The van der Waals surface area contributed by atoms with Crippen LogP contribution in [0.15, 0.2) is 42.5 Å². The van der Waals surface area contributed by atoms with Crippen molar-refractivity contribution in [2.75, 3.05) is 19.0 Å². The van der Waals surface area contributed by atoms with Crippen molar-refractivity contribution in [3.63, 3.8) is 0 Å². The van der Waals surface area contributed by atoms with Crippen LogP contribution in [0.3, 0.4) is 0 Å². The van der Waals surface area contributed by atoms with Crippen LogP contribution in [0.1, 0.15) is 23.6 Å². The zero-order valence-corrected chi connectivity index (χ0v) is 12.9. The lowest BCUT2D eigenvalue weighted by molar-refractivity contribution is 0.812. The molecule has 0 aliphatic carbocycles. The quantitative estimate of drug-likeness (QED) is 0.880. The average Bonchev–Trinajstić information content (AvgIpc) is 2.49. The number of hydrogen-bond acceptors (Lipinski definition) is 2. The molecule has 0 saturated heterocycles. The number of anilines is 2. The Morgan fingerprint density at radius 3 is 2.20 bits per heavy atom. The van der Waals surface area contributed by atoms with Gasteiger partial charge in [-0.1, -0.05) is 25.1 Å². The second-order valence-corrected chi connectivity index (χ2v) is 5.22. The van der Waals surface area contributed by atoms with Crippen molar-refractivity contribution < 1.29 is 0 Å². The van der Waals surface area contributed by atoms with Gasteiger partial charge in [-0.2, -0.15) is 0 Å². The maximum Gasteiger partial charge on any atom is 0.0410 e. The Morgan fingerprint density at radius 1 is 1.00 bits per heavy atom. The normalized spacial score (nSPS) is 10.6. The first kappa shape index (κ1) is 14.6. The van der Waals surface area contributed by atoms with E-state index in [9.17, 15) is 0 Å². The van der Waals surface area contributed by atoms with E-state index in [4.69, 9.17) is 0 Å². The van der Waals surface area contributed by atoms with Gasteiger partial charge in [-0.15, -0.1) is 0 Å². The third kappa shape index (κ3) is 3.20. The minimum atomic E-state index is 0.918. The molecule has 0 radical (unpaired) electrons. The molecule has 0 bridgehead atoms. The Balaban J connectivity index is 2.23. The molecule has 2 aromatic carbocycles. The van der Waals surface area contributed by atoms with Crippen LogP contribution < -0.4 is 10.2 Å². The lowest BCUT2D eigenvalue weighted by atomic mass is 10.1. The molecule has 0 saturated carbocycles. The lowest BCUT2D eigenvalue weighted by Crippen LogP contribution is -2.11. The molecule has 20 heavy (non-hydrogen) atoms. The van der Waals surface area contributed by atoms with Gasteiger partial charge in [0.1, 0.15) is 0 Å². The molecule has 0 amide bonds. The minimum Gasteiger partial charge on any atom is -0.345 e. The molecule has 2 heteroatoms. The highest BCUT2D eigenvalue weighted by atomic mass is 15.1. The molecule has 106 valence electrons. The molecule has 0 unspecified atom stereocenters. The van der Waals surface area contributed by atoms with E-state index in [0.29, 0.717) is 0 Å². The fourth-order valence-corrected chi connectivity index (χ4v) is 2.38. The Bertz CT molecular complexity index is 558. The van der Waals surface area contributed by atoms with Gasteiger partial charge in [0, 0.05) is 25.0 Å². The molecule has 2 aromatic rings. The standard InChI is InChI=1S/C18H24N2/c1-5-15-6-9-17(10-7-15)20(4)18-11-8-16(13-19-3)14(2)12-18/h6-12,19H,5,13H2,1-4H3. The van der Waals surface area contributed by atoms with Crippen molar-refractivity contribution in [3.05, 3.63) is 59.2 Å². The molecule has 1 N–H and O–H groups in total. The van der Waals surface area contributed by atoms with E-state index >= 15 is 0 Å². The van der Waals surface area contributed by atoms with E-state index in [1.54, 1.807) is 0 Å². The van der Waals surface area contributed by atoms with Crippen molar-refractivity contribution in [3.8, 4) is 0 Å². The van der Waals surface area contributed by atoms with Gasteiger partial charge in [-0.25, -0.2) is 0 Å². The molecule has 2 rings (SSSR count). The van der Waals surface area contributed by atoms with Crippen LogP contribution >= 0.6 is 0 Å². The van der Waals surface area contributed by atoms with Crippen LogP contribution in [0, 0.1) is 6.92 Å². The van der Waals surface area contributed by atoms with E-state index in [-0.39, 0.29) is 0 Å². The molecule has 0 aliphatic heterocycles. The minimum absolute atomic E-state index is 0.918. The zero-order chi connectivity index (χ0) is 14.5. The van der Waals surface area contributed by atoms with E-state index in [1.807, 2.05) is 7.05 Å². The van der Waals surface area contributed by atoms with Crippen molar-refractivity contribution in [2.24, 2.45) is 0 Å². The highest BCUT2D eigenvalue weighted by Gasteiger charge is 2.06. The monoisotopic (exact) mass is 268 g/mol. The van der Waals surface area contributed by atoms with E-state index in [0.717, 1.165) is 13.0 Å². The number of nitrogens with zero attached hydrogens (tertiary/aromatic N) is 1. The highest BCUT2D eigenvalue weighted by molar-refractivity contribution is 5.63. The molecule has 0 spiro atoms. The fraction of sp³-hybridized carbons (Fsp3) is 0.333. The van der Waals surface area contributed by atoms with Gasteiger partial charge >= 0.3 is 0 Å². The number of rotatable bonds is 5. The van der Waals surface area contributed by atoms with Gasteiger partial charge in [0.2, 0.25) is 0 Å². The summed E-state index contributed by atoms with van der Waals surface area (Å²) in [5.74, 6) is 0. The summed E-state index contributed by atoms with van der Waals surface area (Å²) < 4.78 is 0. The summed E-state index contributed by atoms with van der Waals surface area (Å²) in [6.07, 6.45) is 1.09. The predicted octanol–water partition coefficient (Wildman–Crippen LogP) is 4.04. The predicted molar refractivity (Wildman–Crippen MR) is 87.8 cm³/mol. The summed E-state index contributed by atoms with van der Waals surface area (Å²) in [7, 11) is 4.10. The maximum atomic E-state index is 3.20. The summed E-state index contributed by atoms with van der Waals surface area (Å²) in [5.41, 5.74) is 6.51. The Morgan fingerprint density at radius 2 is 1.65 bits per heavy atom. The average molecular weight is 268 g/mol. The van der Waals surface area contributed by atoms with Crippen LogP contribution in [0.2, 0.25) is 0 Å². The highest BCUT2D eigenvalue weighted by Crippen LogP contribution is 2.26. The summed E-state index contributed by atoms with van der Waals surface area (Å²) in [5, 5.41) is 3.20. The Hall–Kier alpha value is -1.80. The first-order chi connectivity index (χ1) is 9.65. The number of hydrogen-bond donors (Lipinski definition) is 1. The van der Waals surface area contributed by atoms with E-state index in [2.05, 4.69) is 73.6 Å². The van der Waals surface area contributed by atoms with Crippen molar-refractivity contribution in [2.45, 2.75) is 26.8 Å². The summed E-state index contributed by atoms with van der Waals surface area (Å²) >= 11 is 0. The largest absolute Gasteiger partial charge is 0.345 e. The van der Waals surface area contributed by atoms with Gasteiger partial charge in [0.05, 0.1) is 0 Å². The van der Waals surface area contributed by atoms with E-state index in [1.165, 1.54) is 28.1 Å².